The van der Waals surface area contributed by atoms with Gasteiger partial charge in [-0.05, 0) is 56.8 Å². The standard InChI is InChI=1S/C19H30N2O2/c1-15-7-5-8-18(16(15)2)23-12-6-11-20(3)13-17-9-10-19(22)21(4)14-17/h5,7-8,17H,6,9-14H2,1-4H3. The number of nitrogens with zero attached hydrogens (tertiary/aromatic N) is 2. The van der Waals surface area contributed by atoms with E-state index in [9.17, 15) is 4.79 Å². The van der Waals surface area contributed by atoms with Crippen molar-refractivity contribution in [2.24, 2.45) is 5.92 Å². The molecule has 0 N–H and O–H groups in total. The van der Waals surface area contributed by atoms with Crippen LogP contribution in [0, 0.1) is 19.8 Å². The van der Waals surface area contributed by atoms with Crippen LogP contribution in [0.4, 0.5) is 0 Å². The van der Waals surface area contributed by atoms with Crippen molar-refractivity contribution in [1.82, 2.24) is 9.80 Å². The zero-order valence-corrected chi connectivity index (χ0v) is 15.0. The van der Waals surface area contributed by atoms with Crippen molar-refractivity contribution in [2.45, 2.75) is 33.1 Å². The van der Waals surface area contributed by atoms with E-state index < -0.39 is 0 Å². The number of ether oxygens (including phenoxy) is 1. The van der Waals surface area contributed by atoms with Gasteiger partial charge in [-0.25, -0.2) is 0 Å². The first-order chi connectivity index (χ1) is 11.0. The van der Waals surface area contributed by atoms with Crippen LogP contribution in [-0.4, -0.2) is 56.0 Å². The molecule has 4 nitrogen and oxygen atoms in total. The van der Waals surface area contributed by atoms with E-state index in [0.717, 1.165) is 44.8 Å². The fourth-order valence-corrected chi connectivity index (χ4v) is 3.18. The normalized spacial score (nSPS) is 18.6. The topological polar surface area (TPSA) is 32.8 Å². The minimum Gasteiger partial charge on any atom is -0.493 e. The molecule has 0 saturated carbocycles. The van der Waals surface area contributed by atoms with Gasteiger partial charge in [0.15, 0.2) is 0 Å². The quantitative estimate of drug-likeness (QED) is 0.725. The van der Waals surface area contributed by atoms with Crippen molar-refractivity contribution < 1.29 is 9.53 Å². The van der Waals surface area contributed by atoms with E-state index in [0.29, 0.717) is 12.3 Å². The van der Waals surface area contributed by atoms with Gasteiger partial charge in [0.1, 0.15) is 5.75 Å². The number of carbonyl (C=O) groups is 1. The summed E-state index contributed by atoms with van der Waals surface area (Å²) in [6.45, 7) is 7.94. The van der Waals surface area contributed by atoms with Crippen molar-refractivity contribution in [3.63, 3.8) is 0 Å². The zero-order chi connectivity index (χ0) is 16.8. The third-order valence-electron chi connectivity index (χ3n) is 4.79. The molecule has 1 aliphatic heterocycles. The van der Waals surface area contributed by atoms with Crippen LogP contribution in [0.25, 0.3) is 0 Å². The van der Waals surface area contributed by atoms with Gasteiger partial charge in [-0.15, -0.1) is 0 Å². The number of benzene rings is 1. The first-order valence-electron chi connectivity index (χ1n) is 8.59. The Kier molecular flexibility index (Phi) is 6.46. The van der Waals surface area contributed by atoms with Crippen LogP contribution in [0.15, 0.2) is 18.2 Å². The molecule has 0 aliphatic carbocycles. The number of piperidine rings is 1. The van der Waals surface area contributed by atoms with E-state index in [1.165, 1.54) is 11.1 Å². The molecule has 128 valence electrons. The molecule has 1 atom stereocenters. The van der Waals surface area contributed by atoms with E-state index in [1.54, 1.807) is 0 Å². The Labute approximate surface area is 140 Å². The predicted molar refractivity (Wildman–Crippen MR) is 93.9 cm³/mol. The smallest absolute Gasteiger partial charge is 0.222 e. The second-order valence-corrected chi connectivity index (χ2v) is 6.84. The van der Waals surface area contributed by atoms with Crippen LogP contribution >= 0.6 is 0 Å². The van der Waals surface area contributed by atoms with Gasteiger partial charge in [0.25, 0.3) is 0 Å². The second-order valence-electron chi connectivity index (χ2n) is 6.84. The fourth-order valence-electron chi connectivity index (χ4n) is 3.18. The largest absolute Gasteiger partial charge is 0.493 e. The minimum atomic E-state index is 0.283. The van der Waals surface area contributed by atoms with E-state index in [1.807, 2.05) is 24.1 Å². The molecule has 0 bridgehead atoms. The maximum absolute atomic E-state index is 11.5. The maximum atomic E-state index is 11.5. The number of likely N-dealkylation sites (tertiary alicyclic amines) is 1. The molecule has 1 aliphatic rings. The molecule has 1 aromatic carbocycles. The summed E-state index contributed by atoms with van der Waals surface area (Å²) in [5.41, 5.74) is 2.51. The van der Waals surface area contributed by atoms with Gasteiger partial charge >= 0.3 is 0 Å². The molecule has 2 rings (SSSR count). The molecule has 1 aromatic rings. The minimum absolute atomic E-state index is 0.283. The van der Waals surface area contributed by atoms with E-state index >= 15 is 0 Å². The zero-order valence-electron chi connectivity index (χ0n) is 15.0. The van der Waals surface area contributed by atoms with Crippen molar-refractivity contribution in [2.75, 3.05) is 40.3 Å². The van der Waals surface area contributed by atoms with Gasteiger partial charge in [-0.2, -0.15) is 0 Å². The molecule has 0 aromatic heterocycles. The van der Waals surface area contributed by atoms with Crippen LogP contribution in [0.1, 0.15) is 30.4 Å². The number of amides is 1. The van der Waals surface area contributed by atoms with Gasteiger partial charge in [0.05, 0.1) is 6.61 Å². The number of hydrogen-bond donors (Lipinski definition) is 0. The summed E-state index contributed by atoms with van der Waals surface area (Å²) in [5, 5.41) is 0. The highest BCUT2D eigenvalue weighted by molar-refractivity contribution is 5.76. The Morgan fingerprint density at radius 1 is 1.35 bits per heavy atom. The fraction of sp³-hybridized carbons (Fsp3) is 0.632. The lowest BCUT2D eigenvalue weighted by molar-refractivity contribution is -0.133. The Bertz CT molecular complexity index is 530. The highest BCUT2D eigenvalue weighted by Crippen LogP contribution is 2.21. The van der Waals surface area contributed by atoms with Gasteiger partial charge < -0.3 is 14.5 Å². The monoisotopic (exact) mass is 318 g/mol. The molecule has 4 heteroatoms. The van der Waals surface area contributed by atoms with Gasteiger partial charge in [-0.3, -0.25) is 4.79 Å². The SMILES string of the molecule is Cc1cccc(OCCCN(C)CC2CCC(=O)N(C)C2)c1C. The summed E-state index contributed by atoms with van der Waals surface area (Å²) in [4.78, 5) is 15.7. The van der Waals surface area contributed by atoms with Crippen LogP contribution in [-0.2, 0) is 4.79 Å². The molecule has 23 heavy (non-hydrogen) atoms. The summed E-state index contributed by atoms with van der Waals surface area (Å²) in [6, 6.07) is 6.20. The summed E-state index contributed by atoms with van der Waals surface area (Å²) >= 11 is 0. The Hall–Kier alpha value is -1.55. The highest BCUT2D eigenvalue weighted by Gasteiger charge is 2.23. The number of carbonyl (C=O) groups excluding carboxylic acids is 1. The molecule has 1 saturated heterocycles. The van der Waals surface area contributed by atoms with Crippen LogP contribution in [0.2, 0.25) is 0 Å². The van der Waals surface area contributed by atoms with E-state index in [-0.39, 0.29) is 5.91 Å². The summed E-state index contributed by atoms with van der Waals surface area (Å²) < 4.78 is 5.91. The van der Waals surface area contributed by atoms with Crippen molar-refractivity contribution in [1.29, 1.82) is 0 Å². The Morgan fingerprint density at radius 3 is 2.87 bits per heavy atom. The summed E-state index contributed by atoms with van der Waals surface area (Å²) in [6.07, 6.45) is 2.74. The maximum Gasteiger partial charge on any atom is 0.222 e. The van der Waals surface area contributed by atoms with Crippen molar-refractivity contribution >= 4 is 5.91 Å². The van der Waals surface area contributed by atoms with E-state index in [4.69, 9.17) is 4.74 Å². The van der Waals surface area contributed by atoms with Gasteiger partial charge in [0, 0.05) is 33.1 Å². The molecular formula is C19H30N2O2. The lowest BCUT2D eigenvalue weighted by Crippen LogP contribution is -2.41. The third-order valence-corrected chi connectivity index (χ3v) is 4.79. The molecule has 0 radical (unpaired) electrons. The molecular weight excluding hydrogens is 288 g/mol. The predicted octanol–water partition coefficient (Wildman–Crippen LogP) is 2.87. The lowest BCUT2D eigenvalue weighted by atomic mass is 9.97. The lowest BCUT2D eigenvalue weighted by Gasteiger charge is -2.32. The van der Waals surface area contributed by atoms with Gasteiger partial charge in [0.2, 0.25) is 5.91 Å². The van der Waals surface area contributed by atoms with Crippen molar-refractivity contribution in [3.8, 4) is 5.75 Å². The molecule has 0 spiro atoms. The van der Waals surface area contributed by atoms with Crippen LogP contribution in [0.5, 0.6) is 5.75 Å². The van der Waals surface area contributed by atoms with E-state index in [2.05, 4.69) is 31.9 Å². The van der Waals surface area contributed by atoms with Crippen molar-refractivity contribution in [3.05, 3.63) is 29.3 Å². The molecule has 1 fully saturated rings. The molecule has 1 heterocycles. The summed E-state index contributed by atoms with van der Waals surface area (Å²) in [7, 11) is 4.07. The highest BCUT2D eigenvalue weighted by atomic mass is 16.5. The Balaban J connectivity index is 1.66. The second kappa shape index (κ2) is 8.34. The summed E-state index contributed by atoms with van der Waals surface area (Å²) in [5.74, 6) is 1.88. The average Bonchev–Trinajstić information content (AvgIpc) is 2.51. The average molecular weight is 318 g/mol. The number of aryl methyl sites for hydroxylation is 1. The first kappa shape index (κ1) is 17.8. The first-order valence-corrected chi connectivity index (χ1v) is 8.59. The number of rotatable bonds is 7. The third kappa shape index (κ3) is 5.24. The van der Waals surface area contributed by atoms with Gasteiger partial charge in [-0.1, -0.05) is 12.1 Å². The van der Waals surface area contributed by atoms with Crippen LogP contribution < -0.4 is 4.74 Å². The molecule has 1 amide bonds. The molecule has 1 unspecified atom stereocenters. The number of hydrogen-bond acceptors (Lipinski definition) is 3. The Morgan fingerprint density at radius 2 is 2.13 bits per heavy atom. The van der Waals surface area contributed by atoms with Crippen LogP contribution in [0.3, 0.4) is 0 Å².